The monoisotopic (exact) mass is 358 g/mol. The van der Waals surface area contributed by atoms with Gasteiger partial charge in [0.2, 0.25) is 0 Å². The Kier molecular flexibility index (Phi) is 7.01. The van der Waals surface area contributed by atoms with Crippen LogP contribution in [-0.2, 0) is 6.42 Å². The summed E-state index contributed by atoms with van der Waals surface area (Å²) < 4.78 is 0. The molecule has 25 heavy (non-hydrogen) atoms. The Bertz CT molecular complexity index is 710. The summed E-state index contributed by atoms with van der Waals surface area (Å²) >= 11 is 1.73. The number of nitrogens with one attached hydrogen (secondary N) is 2. The SMILES string of the molecule is CN=C(NCCc1cccc(C(=O)N(C)C)c1)NC(C)c1cccs1. The highest BCUT2D eigenvalue weighted by molar-refractivity contribution is 7.10. The normalized spacial score (nSPS) is 12.6. The highest BCUT2D eigenvalue weighted by atomic mass is 32.1. The molecule has 1 amide bonds. The summed E-state index contributed by atoms with van der Waals surface area (Å²) in [6, 6.07) is 12.2. The van der Waals surface area contributed by atoms with E-state index in [1.807, 2.05) is 24.3 Å². The van der Waals surface area contributed by atoms with Crippen LogP contribution in [0.25, 0.3) is 0 Å². The summed E-state index contributed by atoms with van der Waals surface area (Å²) in [5.74, 6) is 0.804. The maximum atomic E-state index is 12.0. The van der Waals surface area contributed by atoms with Crippen molar-refractivity contribution in [3.8, 4) is 0 Å². The van der Waals surface area contributed by atoms with E-state index in [1.54, 1.807) is 37.4 Å². The molecule has 2 aromatic rings. The van der Waals surface area contributed by atoms with Gasteiger partial charge in [-0.15, -0.1) is 11.3 Å². The van der Waals surface area contributed by atoms with Crippen LogP contribution in [0.15, 0.2) is 46.8 Å². The fourth-order valence-corrected chi connectivity index (χ4v) is 3.19. The van der Waals surface area contributed by atoms with Crippen LogP contribution in [0.3, 0.4) is 0 Å². The van der Waals surface area contributed by atoms with E-state index in [4.69, 9.17) is 0 Å². The quantitative estimate of drug-likeness (QED) is 0.617. The summed E-state index contributed by atoms with van der Waals surface area (Å²) in [6.45, 7) is 2.87. The fourth-order valence-electron chi connectivity index (χ4n) is 2.45. The molecule has 0 saturated carbocycles. The molecule has 1 atom stereocenters. The number of hydrogen-bond donors (Lipinski definition) is 2. The van der Waals surface area contributed by atoms with Crippen LogP contribution in [0, 0.1) is 0 Å². The van der Waals surface area contributed by atoms with Gasteiger partial charge in [0.25, 0.3) is 5.91 Å². The van der Waals surface area contributed by atoms with Gasteiger partial charge in [-0.25, -0.2) is 0 Å². The number of amides is 1. The molecule has 0 bridgehead atoms. The molecule has 0 aliphatic rings. The largest absolute Gasteiger partial charge is 0.356 e. The lowest BCUT2D eigenvalue weighted by molar-refractivity contribution is 0.0827. The van der Waals surface area contributed by atoms with Crippen molar-refractivity contribution < 1.29 is 4.79 Å². The second-order valence-corrected chi connectivity index (χ2v) is 7.01. The Morgan fingerprint density at radius 2 is 2.08 bits per heavy atom. The van der Waals surface area contributed by atoms with Crippen LogP contribution < -0.4 is 10.6 Å². The minimum absolute atomic E-state index is 0.0251. The maximum Gasteiger partial charge on any atom is 0.253 e. The average Bonchev–Trinajstić information content (AvgIpc) is 3.15. The molecule has 0 aliphatic heterocycles. The van der Waals surface area contributed by atoms with Gasteiger partial charge >= 0.3 is 0 Å². The van der Waals surface area contributed by atoms with Crippen molar-refractivity contribution in [1.82, 2.24) is 15.5 Å². The molecule has 6 heteroatoms. The summed E-state index contributed by atoms with van der Waals surface area (Å²) in [5.41, 5.74) is 1.85. The number of aliphatic imine (C=N–C) groups is 1. The molecular weight excluding hydrogens is 332 g/mol. The Balaban J connectivity index is 1.86. The minimum atomic E-state index is 0.0251. The van der Waals surface area contributed by atoms with Crippen molar-refractivity contribution >= 4 is 23.2 Å². The second-order valence-electron chi connectivity index (χ2n) is 6.03. The minimum Gasteiger partial charge on any atom is -0.356 e. The lowest BCUT2D eigenvalue weighted by atomic mass is 10.1. The van der Waals surface area contributed by atoms with Crippen LogP contribution in [0.4, 0.5) is 0 Å². The summed E-state index contributed by atoms with van der Waals surface area (Å²) in [7, 11) is 5.30. The number of benzene rings is 1. The van der Waals surface area contributed by atoms with Gasteiger partial charge < -0.3 is 15.5 Å². The highest BCUT2D eigenvalue weighted by Gasteiger charge is 2.10. The van der Waals surface area contributed by atoms with Crippen LogP contribution in [0.5, 0.6) is 0 Å². The van der Waals surface area contributed by atoms with Crippen LogP contribution in [0.1, 0.15) is 33.8 Å². The fraction of sp³-hybridized carbons (Fsp3) is 0.368. The summed E-state index contributed by atoms with van der Waals surface area (Å²) in [4.78, 5) is 19.2. The van der Waals surface area contributed by atoms with E-state index in [0.29, 0.717) is 0 Å². The average molecular weight is 359 g/mol. The number of carbonyl (C=O) groups excluding carboxylic acids is 1. The summed E-state index contributed by atoms with van der Waals surface area (Å²) in [6.07, 6.45) is 0.822. The lowest BCUT2D eigenvalue weighted by Crippen LogP contribution is -2.39. The molecule has 0 radical (unpaired) electrons. The predicted octanol–water partition coefficient (Wildman–Crippen LogP) is 2.92. The van der Waals surface area contributed by atoms with E-state index in [9.17, 15) is 4.79 Å². The van der Waals surface area contributed by atoms with E-state index in [0.717, 1.165) is 30.1 Å². The molecule has 1 unspecified atom stereocenters. The first-order valence-electron chi connectivity index (χ1n) is 8.32. The van der Waals surface area contributed by atoms with E-state index in [-0.39, 0.29) is 11.9 Å². The van der Waals surface area contributed by atoms with Crippen molar-refractivity contribution in [3.63, 3.8) is 0 Å². The molecule has 2 N–H and O–H groups in total. The zero-order valence-electron chi connectivity index (χ0n) is 15.2. The van der Waals surface area contributed by atoms with Crippen LogP contribution in [-0.4, -0.2) is 44.5 Å². The van der Waals surface area contributed by atoms with Gasteiger partial charge in [-0.1, -0.05) is 18.2 Å². The Morgan fingerprint density at radius 3 is 2.72 bits per heavy atom. The van der Waals surface area contributed by atoms with Crippen molar-refractivity contribution in [2.24, 2.45) is 4.99 Å². The molecule has 0 aliphatic carbocycles. The van der Waals surface area contributed by atoms with Gasteiger partial charge in [-0.05, 0) is 42.5 Å². The van der Waals surface area contributed by atoms with E-state index in [1.165, 1.54) is 4.88 Å². The van der Waals surface area contributed by atoms with Gasteiger partial charge in [0.1, 0.15) is 0 Å². The maximum absolute atomic E-state index is 12.0. The smallest absolute Gasteiger partial charge is 0.253 e. The number of carbonyl (C=O) groups is 1. The molecule has 5 nitrogen and oxygen atoms in total. The van der Waals surface area contributed by atoms with Crippen LogP contribution in [0.2, 0.25) is 0 Å². The molecule has 2 rings (SSSR count). The molecule has 1 aromatic heterocycles. The van der Waals surface area contributed by atoms with Crippen molar-refractivity contribution in [2.45, 2.75) is 19.4 Å². The lowest BCUT2D eigenvalue weighted by Gasteiger charge is -2.17. The topological polar surface area (TPSA) is 56.7 Å². The van der Waals surface area contributed by atoms with Gasteiger partial charge in [-0.2, -0.15) is 0 Å². The van der Waals surface area contributed by atoms with Gasteiger partial charge in [0.05, 0.1) is 6.04 Å². The van der Waals surface area contributed by atoms with Crippen molar-refractivity contribution in [2.75, 3.05) is 27.7 Å². The molecule has 1 heterocycles. The third-order valence-electron chi connectivity index (χ3n) is 3.83. The molecular formula is C19H26N4OS. The Hall–Kier alpha value is -2.34. The van der Waals surface area contributed by atoms with E-state index in [2.05, 4.69) is 40.1 Å². The molecule has 0 saturated heterocycles. The number of rotatable bonds is 6. The number of guanidine groups is 1. The number of hydrogen-bond acceptors (Lipinski definition) is 3. The van der Waals surface area contributed by atoms with Crippen molar-refractivity contribution in [1.29, 1.82) is 0 Å². The Labute approximate surface area is 153 Å². The highest BCUT2D eigenvalue weighted by Crippen LogP contribution is 2.17. The zero-order chi connectivity index (χ0) is 18.2. The molecule has 0 fully saturated rings. The first-order chi connectivity index (χ1) is 12.0. The van der Waals surface area contributed by atoms with Crippen molar-refractivity contribution in [3.05, 3.63) is 57.8 Å². The third-order valence-corrected chi connectivity index (χ3v) is 4.89. The first kappa shape index (κ1) is 19.0. The molecule has 134 valence electrons. The zero-order valence-corrected chi connectivity index (χ0v) is 16.1. The summed E-state index contributed by atoms with van der Waals surface area (Å²) in [5, 5.41) is 8.79. The first-order valence-corrected chi connectivity index (χ1v) is 9.20. The third kappa shape index (κ3) is 5.60. The predicted molar refractivity (Wildman–Crippen MR) is 105 cm³/mol. The van der Waals surface area contributed by atoms with E-state index < -0.39 is 0 Å². The second kappa shape index (κ2) is 9.22. The van der Waals surface area contributed by atoms with Gasteiger partial charge in [-0.3, -0.25) is 9.79 Å². The number of nitrogens with zero attached hydrogens (tertiary/aromatic N) is 2. The number of thiophene rings is 1. The van der Waals surface area contributed by atoms with Gasteiger partial charge in [0.15, 0.2) is 5.96 Å². The molecule has 0 spiro atoms. The standard InChI is InChI=1S/C19H26N4OS/c1-14(17-9-6-12-25-17)22-19(20-2)21-11-10-15-7-5-8-16(13-15)18(24)23(3)4/h5-9,12-14H,10-11H2,1-4H3,(H2,20,21,22). The Morgan fingerprint density at radius 1 is 1.28 bits per heavy atom. The van der Waals surface area contributed by atoms with E-state index >= 15 is 0 Å². The van der Waals surface area contributed by atoms with Gasteiger partial charge in [0, 0.05) is 38.1 Å². The van der Waals surface area contributed by atoms with Crippen LogP contribution >= 0.6 is 11.3 Å². The molecule has 1 aromatic carbocycles.